The molecule has 3 N–H and O–H groups in total. The summed E-state index contributed by atoms with van der Waals surface area (Å²) in [7, 11) is -1.66. The van der Waals surface area contributed by atoms with Crippen LogP contribution in [0.4, 0.5) is 5.69 Å². The minimum Gasteiger partial charge on any atom is -0.398 e. The minimum atomic E-state index is -3.66. The number of nitrogens with two attached hydrogens (primary N) is 1. The van der Waals surface area contributed by atoms with Gasteiger partial charge in [0.1, 0.15) is 4.90 Å². The molecule has 0 bridgehead atoms. The SMILES string of the molecule is CN(CCNS(=O)(=O)c1c(N)cccc1Cl)C1CC1. The maximum absolute atomic E-state index is 12.1. The molecule has 0 atom stereocenters. The Kier molecular flexibility index (Phi) is 4.35. The second-order valence-corrected chi connectivity index (χ2v) is 6.88. The average molecular weight is 304 g/mol. The molecule has 0 amide bonds. The van der Waals surface area contributed by atoms with E-state index < -0.39 is 10.0 Å². The van der Waals surface area contributed by atoms with Crippen molar-refractivity contribution in [1.29, 1.82) is 0 Å². The summed E-state index contributed by atoms with van der Waals surface area (Å²) < 4.78 is 26.8. The van der Waals surface area contributed by atoms with Crippen LogP contribution in [0, 0.1) is 0 Å². The van der Waals surface area contributed by atoms with Gasteiger partial charge in [0.05, 0.1) is 10.7 Å². The van der Waals surface area contributed by atoms with E-state index in [9.17, 15) is 8.42 Å². The van der Waals surface area contributed by atoms with Crippen LogP contribution < -0.4 is 10.5 Å². The third kappa shape index (κ3) is 3.60. The Morgan fingerprint density at radius 2 is 2.16 bits per heavy atom. The molecule has 7 heteroatoms. The van der Waals surface area contributed by atoms with Gasteiger partial charge in [-0.3, -0.25) is 0 Å². The lowest BCUT2D eigenvalue weighted by Crippen LogP contribution is -2.34. The predicted molar refractivity (Wildman–Crippen MR) is 76.7 cm³/mol. The van der Waals surface area contributed by atoms with E-state index in [1.165, 1.54) is 25.0 Å². The van der Waals surface area contributed by atoms with E-state index in [0.717, 1.165) is 0 Å². The maximum atomic E-state index is 12.1. The number of benzene rings is 1. The number of rotatable bonds is 6. The Labute approximate surface area is 118 Å². The van der Waals surface area contributed by atoms with Crippen molar-refractivity contribution in [2.45, 2.75) is 23.8 Å². The van der Waals surface area contributed by atoms with E-state index in [1.807, 2.05) is 7.05 Å². The molecule has 5 nitrogen and oxygen atoms in total. The van der Waals surface area contributed by atoms with E-state index in [-0.39, 0.29) is 15.6 Å². The van der Waals surface area contributed by atoms with Gasteiger partial charge in [0, 0.05) is 19.1 Å². The summed E-state index contributed by atoms with van der Waals surface area (Å²) in [5.74, 6) is 0. The second-order valence-electron chi connectivity index (χ2n) is 4.77. The highest BCUT2D eigenvalue weighted by molar-refractivity contribution is 7.89. The molecule has 0 spiro atoms. The van der Waals surface area contributed by atoms with Gasteiger partial charge < -0.3 is 10.6 Å². The first-order chi connectivity index (χ1) is 8.92. The van der Waals surface area contributed by atoms with E-state index >= 15 is 0 Å². The zero-order valence-corrected chi connectivity index (χ0v) is 12.3. The summed E-state index contributed by atoms with van der Waals surface area (Å²) in [4.78, 5) is 2.11. The predicted octanol–water partition coefficient (Wildman–Crippen LogP) is 1.29. The highest BCUT2D eigenvalue weighted by atomic mass is 35.5. The molecule has 0 heterocycles. The number of halogens is 1. The van der Waals surface area contributed by atoms with Crippen LogP contribution in [-0.4, -0.2) is 39.5 Å². The molecule has 0 saturated heterocycles. The van der Waals surface area contributed by atoms with Gasteiger partial charge in [-0.2, -0.15) is 0 Å². The van der Waals surface area contributed by atoms with Crippen molar-refractivity contribution in [2.24, 2.45) is 0 Å². The summed E-state index contributed by atoms with van der Waals surface area (Å²) in [6, 6.07) is 5.27. The van der Waals surface area contributed by atoms with Crippen molar-refractivity contribution >= 4 is 27.3 Å². The number of anilines is 1. The summed E-state index contributed by atoms with van der Waals surface area (Å²) in [6.45, 7) is 1.02. The fourth-order valence-electron chi connectivity index (χ4n) is 1.94. The zero-order valence-electron chi connectivity index (χ0n) is 10.8. The van der Waals surface area contributed by atoms with Gasteiger partial charge in [-0.15, -0.1) is 0 Å². The quantitative estimate of drug-likeness (QED) is 0.777. The van der Waals surface area contributed by atoms with Gasteiger partial charge in [-0.05, 0) is 32.0 Å². The molecular formula is C12H18ClN3O2S. The van der Waals surface area contributed by atoms with Crippen molar-refractivity contribution in [2.75, 3.05) is 25.9 Å². The molecule has 0 aliphatic heterocycles. The molecule has 0 radical (unpaired) electrons. The summed E-state index contributed by atoms with van der Waals surface area (Å²) in [6.07, 6.45) is 2.39. The number of nitrogens with one attached hydrogen (secondary N) is 1. The zero-order chi connectivity index (χ0) is 14.0. The Hall–Kier alpha value is -0.820. The molecule has 1 aliphatic rings. The van der Waals surface area contributed by atoms with Crippen molar-refractivity contribution < 1.29 is 8.42 Å². The molecule has 0 unspecified atom stereocenters. The molecule has 1 aromatic rings. The van der Waals surface area contributed by atoms with Gasteiger partial charge >= 0.3 is 0 Å². The van der Waals surface area contributed by atoms with Gasteiger partial charge in [0.25, 0.3) is 0 Å². The monoisotopic (exact) mass is 303 g/mol. The van der Waals surface area contributed by atoms with Gasteiger partial charge in [-0.25, -0.2) is 13.1 Å². The smallest absolute Gasteiger partial charge is 0.244 e. The van der Waals surface area contributed by atoms with Gasteiger partial charge in [0.15, 0.2) is 0 Å². The molecule has 2 rings (SSSR count). The lowest BCUT2D eigenvalue weighted by atomic mass is 10.3. The average Bonchev–Trinajstić information content (AvgIpc) is 3.11. The number of sulfonamides is 1. The largest absolute Gasteiger partial charge is 0.398 e. The Balaban J connectivity index is 2.01. The van der Waals surface area contributed by atoms with Crippen molar-refractivity contribution in [3.05, 3.63) is 23.2 Å². The van der Waals surface area contributed by atoms with Crippen molar-refractivity contribution in [3.63, 3.8) is 0 Å². The minimum absolute atomic E-state index is 0.0364. The van der Waals surface area contributed by atoms with Crippen LogP contribution in [-0.2, 0) is 10.0 Å². The molecule has 1 fully saturated rings. The third-order valence-corrected chi connectivity index (χ3v) is 5.20. The Morgan fingerprint density at radius 3 is 2.74 bits per heavy atom. The van der Waals surface area contributed by atoms with E-state index in [0.29, 0.717) is 19.1 Å². The first-order valence-electron chi connectivity index (χ1n) is 6.15. The topological polar surface area (TPSA) is 75.4 Å². The highest BCUT2D eigenvalue weighted by Gasteiger charge is 2.26. The summed E-state index contributed by atoms with van der Waals surface area (Å²) >= 11 is 5.91. The number of nitrogen functional groups attached to an aromatic ring is 1. The van der Waals surface area contributed by atoms with Gasteiger partial charge in [0.2, 0.25) is 10.0 Å². The molecule has 1 saturated carbocycles. The van der Waals surface area contributed by atoms with Crippen LogP contribution in [0.2, 0.25) is 5.02 Å². The molecule has 1 aliphatic carbocycles. The maximum Gasteiger partial charge on any atom is 0.244 e. The lowest BCUT2D eigenvalue weighted by Gasteiger charge is -2.16. The van der Waals surface area contributed by atoms with Gasteiger partial charge in [-0.1, -0.05) is 17.7 Å². The summed E-state index contributed by atoms with van der Waals surface area (Å²) in [5, 5.41) is 0.142. The van der Waals surface area contributed by atoms with Crippen LogP contribution in [0.25, 0.3) is 0 Å². The third-order valence-electron chi connectivity index (χ3n) is 3.19. The fraction of sp³-hybridized carbons (Fsp3) is 0.500. The van der Waals surface area contributed by atoms with Crippen molar-refractivity contribution in [3.8, 4) is 0 Å². The molecular weight excluding hydrogens is 286 g/mol. The molecule has 0 aromatic heterocycles. The van der Waals surface area contributed by atoms with E-state index in [2.05, 4.69) is 9.62 Å². The van der Waals surface area contributed by atoms with Crippen LogP contribution >= 0.6 is 11.6 Å². The van der Waals surface area contributed by atoms with Crippen LogP contribution in [0.5, 0.6) is 0 Å². The highest BCUT2D eigenvalue weighted by Crippen LogP contribution is 2.27. The molecule has 1 aromatic carbocycles. The Morgan fingerprint density at radius 1 is 1.47 bits per heavy atom. The van der Waals surface area contributed by atoms with E-state index in [4.69, 9.17) is 17.3 Å². The normalized spacial score (nSPS) is 15.9. The fourth-order valence-corrected chi connectivity index (χ4v) is 3.63. The van der Waals surface area contributed by atoms with Crippen LogP contribution in [0.15, 0.2) is 23.1 Å². The molecule has 106 valence electrons. The number of nitrogens with zero attached hydrogens (tertiary/aromatic N) is 1. The first kappa shape index (κ1) is 14.6. The van der Waals surface area contributed by atoms with Crippen LogP contribution in [0.1, 0.15) is 12.8 Å². The Bertz CT molecular complexity index is 538. The molecule has 19 heavy (non-hydrogen) atoms. The van der Waals surface area contributed by atoms with Crippen LogP contribution in [0.3, 0.4) is 0 Å². The lowest BCUT2D eigenvalue weighted by molar-refractivity contribution is 0.329. The number of hydrogen-bond acceptors (Lipinski definition) is 4. The summed E-state index contributed by atoms with van der Waals surface area (Å²) in [5.41, 5.74) is 5.85. The first-order valence-corrected chi connectivity index (χ1v) is 8.02. The number of hydrogen-bond donors (Lipinski definition) is 2. The second kappa shape index (κ2) is 5.66. The number of likely N-dealkylation sites (N-methyl/N-ethyl adjacent to an activating group) is 1. The van der Waals surface area contributed by atoms with E-state index in [1.54, 1.807) is 6.07 Å². The van der Waals surface area contributed by atoms with Crippen molar-refractivity contribution in [1.82, 2.24) is 9.62 Å². The standard InChI is InChI=1S/C12H18ClN3O2S/c1-16(9-5-6-9)8-7-15-19(17,18)12-10(13)3-2-4-11(12)14/h2-4,9,15H,5-8,14H2,1H3.